The summed E-state index contributed by atoms with van der Waals surface area (Å²) in [5.41, 5.74) is 2.09. The second-order valence-corrected chi connectivity index (χ2v) is 4.50. The van der Waals surface area contributed by atoms with Gasteiger partial charge >= 0.3 is 0 Å². The first-order valence-electron chi connectivity index (χ1n) is 5.93. The third-order valence-corrected chi connectivity index (χ3v) is 3.46. The van der Waals surface area contributed by atoms with Crippen LogP contribution < -0.4 is 21.0 Å². The van der Waals surface area contributed by atoms with Crippen LogP contribution in [0, 0.1) is 5.41 Å². The minimum Gasteiger partial charge on any atom is -0.282 e. The molecule has 0 radical (unpaired) electrons. The molecular weight excluding hydrogens is 220 g/mol. The molecule has 0 saturated carbocycles. The highest BCUT2D eigenvalue weighted by atomic mass is 14.8. The first kappa shape index (κ1) is 9.54. The molecule has 4 rings (SSSR count). The highest BCUT2D eigenvalue weighted by Gasteiger charge is 2.19. The van der Waals surface area contributed by atoms with E-state index in [9.17, 15) is 0 Å². The van der Waals surface area contributed by atoms with E-state index >= 15 is 0 Å². The summed E-state index contributed by atoms with van der Waals surface area (Å²) in [7, 11) is 0. The number of amidine groups is 1. The zero-order valence-electron chi connectivity index (χ0n) is 9.64. The van der Waals surface area contributed by atoms with Crippen LogP contribution in [-0.4, -0.2) is 5.84 Å². The van der Waals surface area contributed by atoms with E-state index in [1.807, 2.05) is 30.3 Å². The van der Waals surface area contributed by atoms with Crippen molar-refractivity contribution in [3.8, 4) is 0 Å². The molecule has 0 bridgehead atoms. The monoisotopic (exact) mass is 230 g/mol. The van der Waals surface area contributed by atoms with Crippen LogP contribution in [0.3, 0.4) is 0 Å². The van der Waals surface area contributed by atoms with Crippen molar-refractivity contribution in [3.63, 3.8) is 0 Å². The van der Waals surface area contributed by atoms with Gasteiger partial charge in [-0.1, -0.05) is 42.5 Å². The molecule has 1 aliphatic heterocycles. The number of benzene rings is 2. The number of nitrogens with one attached hydrogen (secondary N) is 1. The Balaban J connectivity index is 2.33. The number of para-hydroxylation sites is 1. The van der Waals surface area contributed by atoms with Crippen molar-refractivity contribution in [3.05, 3.63) is 69.5 Å². The van der Waals surface area contributed by atoms with Crippen LogP contribution in [-0.2, 0) is 0 Å². The fourth-order valence-electron chi connectivity index (χ4n) is 2.67. The van der Waals surface area contributed by atoms with E-state index in [0.29, 0.717) is 5.84 Å². The second kappa shape index (κ2) is 3.26. The van der Waals surface area contributed by atoms with Gasteiger partial charge in [-0.05, 0) is 28.2 Å². The summed E-state index contributed by atoms with van der Waals surface area (Å²) in [4.78, 5) is 4.39. The number of hydrogen-bond donors (Lipinski definition) is 1. The van der Waals surface area contributed by atoms with Crippen molar-refractivity contribution in [2.45, 2.75) is 0 Å². The maximum absolute atomic E-state index is 8.13. The summed E-state index contributed by atoms with van der Waals surface area (Å²) < 4.78 is 0. The van der Waals surface area contributed by atoms with Gasteiger partial charge in [0, 0.05) is 10.8 Å². The van der Waals surface area contributed by atoms with Crippen LogP contribution in [0.1, 0.15) is 0 Å². The summed E-state index contributed by atoms with van der Waals surface area (Å²) in [5, 5.41) is 12.5. The highest BCUT2D eigenvalue weighted by Crippen LogP contribution is 2.17. The molecule has 2 aromatic rings. The van der Waals surface area contributed by atoms with E-state index in [4.69, 9.17) is 5.41 Å². The zero-order chi connectivity index (χ0) is 12.1. The van der Waals surface area contributed by atoms with Crippen molar-refractivity contribution in [1.82, 2.24) is 0 Å². The summed E-state index contributed by atoms with van der Waals surface area (Å²) in [5.74, 6) is 0.366. The first-order chi connectivity index (χ1) is 8.84. The average molecular weight is 230 g/mol. The van der Waals surface area contributed by atoms with Crippen molar-refractivity contribution >= 4 is 23.1 Å². The molecule has 2 aromatic carbocycles. The van der Waals surface area contributed by atoms with Crippen LogP contribution in [0.15, 0.2) is 53.5 Å². The highest BCUT2D eigenvalue weighted by molar-refractivity contribution is 6.35. The lowest BCUT2D eigenvalue weighted by Gasteiger charge is -2.09. The predicted octanol–water partition coefficient (Wildman–Crippen LogP) is 0.0928. The third-order valence-electron chi connectivity index (χ3n) is 3.46. The molecule has 0 atom stereocenters. The largest absolute Gasteiger partial charge is 0.282 e. The molecule has 18 heavy (non-hydrogen) atoms. The molecule has 1 aliphatic carbocycles. The van der Waals surface area contributed by atoms with Crippen LogP contribution in [0.25, 0.3) is 17.2 Å². The van der Waals surface area contributed by atoms with Gasteiger partial charge in [-0.2, -0.15) is 0 Å². The van der Waals surface area contributed by atoms with E-state index < -0.39 is 0 Å². The maximum atomic E-state index is 8.13. The van der Waals surface area contributed by atoms with Gasteiger partial charge in [0.1, 0.15) is 0 Å². The normalized spacial score (nSPS) is 15.4. The molecule has 2 heteroatoms. The van der Waals surface area contributed by atoms with E-state index in [-0.39, 0.29) is 0 Å². The Morgan fingerprint density at radius 1 is 0.833 bits per heavy atom. The molecule has 0 unspecified atom stereocenters. The molecule has 2 aliphatic rings. The molecule has 0 spiro atoms. The maximum Gasteiger partial charge on any atom is 0.153 e. The minimum atomic E-state index is 0.366. The lowest BCUT2D eigenvalue weighted by Crippen LogP contribution is -2.33. The quantitative estimate of drug-likeness (QED) is 0.666. The Labute approximate surface area is 103 Å². The van der Waals surface area contributed by atoms with E-state index in [1.165, 1.54) is 5.22 Å². The fourth-order valence-corrected chi connectivity index (χ4v) is 2.67. The Morgan fingerprint density at radius 3 is 2.44 bits per heavy atom. The van der Waals surface area contributed by atoms with E-state index in [2.05, 4.69) is 29.3 Å². The average Bonchev–Trinajstić information content (AvgIpc) is 2.79. The summed E-state index contributed by atoms with van der Waals surface area (Å²) >= 11 is 0. The van der Waals surface area contributed by atoms with Gasteiger partial charge in [-0.15, -0.1) is 0 Å². The number of nitrogens with zero attached hydrogens (tertiary/aromatic N) is 1. The smallest absolute Gasteiger partial charge is 0.153 e. The topological polar surface area (TPSA) is 36.2 Å². The summed E-state index contributed by atoms with van der Waals surface area (Å²) in [6.45, 7) is 0. The van der Waals surface area contributed by atoms with Crippen molar-refractivity contribution in [1.29, 1.82) is 5.41 Å². The van der Waals surface area contributed by atoms with Crippen LogP contribution in [0.5, 0.6) is 0 Å². The minimum absolute atomic E-state index is 0.366. The predicted molar refractivity (Wildman–Crippen MR) is 71.9 cm³/mol. The summed E-state index contributed by atoms with van der Waals surface area (Å²) in [6, 6.07) is 16.2. The Kier molecular flexibility index (Phi) is 1.73. The molecule has 0 saturated heterocycles. The number of hydrogen-bond acceptors (Lipinski definition) is 1. The lowest BCUT2D eigenvalue weighted by atomic mass is 10.0. The molecule has 0 fully saturated rings. The molecule has 0 aromatic heterocycles. The molecule has 1 N–H and O–H groups in total. The van der Waals surface area contributed by atoms with E-state index in [0.717, 1.165) is 26.9 Å². The van der Waals surface area contributed by atoms with Crippen LogP contribution in [0.2, 0.25) is 0 Å². The van der Waals surface area contributed by atoms with Gasteiger partial charge < -0.3 is 0 Å². The second-order valence-electron chi connectivity index (χ2n) is 4.50. The van der Waals surface area contributed by atoms with Crippen LogP contribution in [0.4, 0.5) is 0 Å². The van der Waals surface area contributed by atoms with Gasteiger partial charge in [0.25, 0.3) is 0 Å². The SMILES string of the molecule is N=C1N=c2ccccc2=C2C=c3ccccc3=C12. The molecular formula is C16H10N2. The molecule has 0 amide bonds. The standard InChI is InChI=1S/C16H10N2/c17-16-15-11-6-2-1-5-10(11)9-13(15)12-7-3-4-8-14(12)18-16/h1-9,17H. The van der Waals surface area contributed by atoms with Crippen LogP contribution >= 0.6 is 0 Å². The van der Waals surface area contributed by atoms with E-state index in [1.54, 1.807) is 0 Å². The lowest BCUT2D eigenvalue weighted by molar-refractivity contribution is 1.30. The third kappa shape index (κ3) is 1.12. The number of rotatable bonds is 0. The Morgan fingerprint density at radius 2 is 1.56 bits per heavy atom. The Hall–Kier alpha value is -2.48. The van der Waals surface area contributed by atoms with Gasteiger partial charge in [-0.3, -0.25) is 5.41 Å². The Bertz CT molecular complexity index is 934. The van der Waals surface area contributed by atoms with Crippen molar-refractivity contribution in [2.75, 3.05) is 0 Å². The molecule has 2 nitrogen and oxygen atoms in total. The number of fused-ring (bicyclic) bond motifs is 3. The first-order valence-corrected chi connectivity index (χ1v) is 5.93. The van der Waals surface area contributed by atoms with Gasteiger partial charge in [0.2, 0.25) is 0 Å². The molecule has 84 valence electrons. The van der Waals surface area contributed by atoms with Gasteiger partial charge in [0.15, 0.2) is 5.84 Å². The fraction of sp³-hybridized carbons (Fsp3) is 0. The van der Waals surface area contributed by atoms with Crippen molar-refractivity contribution < 1.29 is 0 Å². The molecule has 1 heterocycles. The van der Waals surface area contributed by atoms with Crippen molar-refractivity contribution in [2.24, 2.45) is 4.99 Å². The summed E-state index contributed by atoms with van der Waals surface area (Å²) in [6.07, 6.45) is 2.16. The zero-order valence-corrected chi connectivity index (χ0v) is 9.64. The van der Waals surface area contributed by atoms with Gasteiger partial charge in [0.05, 0.1) is 5.36 Å². The van der Waals surface area contributed by atoms with Gasteiger partial charge in [-0.25, -0.2) is 4.99 Å².